The third-order valence-corrected chi connectivity index (χ3v) is 6.05. The number of likely N-dealkylation sites (N-methyl/N-ethyl adjacent to an activating group) is 1. The summed E-state index contributed by atoms with van der Waals surface area (Å²) in [5, 5.41) is 7.29. The number of ether oxygens (including phenoxy) is 1. The van der Waals surface area contributed by atoms with Crippen molar-refractivity contribution in [1.82, 2.24) is 15.1 Å². The van der Waals surface area contributed by atoms with Gasteiger partial charge in [-0.2, -0.15) is 11.3 Å². The first-order valence-electron chi connectivity index (χ1n) is 9.96. The number of nitrogens with zero attached hydrogens (tertiary/aromatic N) is 2. The van der Waals surface area contributed by atoms with Gasteiger partial charge in [0.2, 0.25) is 5.91 Å². The van der Waals surface area contributed by atoms with Crippen molar-refractivity contribution in [2.75, 3.05) is 40.3 Å². The lowest BCUT2D eigenvalue weighted by atomic mass is 9.95. The molecule has 1 aromatic heterocycles. The standard InChI is InChI=1S/C22H29N3O3S/c1-24(2)20(18-10-13-29-16-18)14-23-22(27)17-8-11-25(12-9-17)21(26)15-28-19-6-4-3-5-7-19/h3-7,10,13,16-17,20H,8-9,11-12,14-15H2,1-2H3,(H,23,27)/t20-/m1/s1. The van der Waals surface area contributed by atoms with Crippen LogP contribution in [0.5, 0.6) is 5.75 Å². The van der Waals surface area contributed by atoms with Gasteiger partial charge in [0.1, 0.15) is 5.75 Å². The molecule has 156 valence electrons. The van der Waals surface area contributed by atoms with E-state index < -0.39 is 0 Å². The number of hydrogen-bond donors (Lipinski definition) is 1. The zero-order valence-corrected chi connectivity index (χ0v) is 17.9. The summed E-state index contributed by atoms with van der Waals surface area (Å²) in [6.07, 6.45) is 1.38. The van der Waals surface area contributed by atoms with Crippen LogP contribution in [0.15, 0.2) is 47.2 Å². The van der Waals surface area contributed by atoms with Crippen LogP contribution in [-0.2, 0) is 9.59 Å². The number of amides is 2. The number of likely N-dealkylation sites (tertiary alicyclic amines) is 1. The second kappa shape index (κ2) is 10.4. The summed E-state index contributed by atoms with van der Waals surface area (Å²) in [6, 6.07) is 11.6. The Balaban J connectivity index is 1.41. The van der Waals surface area contributed by atoms with Gasteiger partial charge in [0, 0.05) is 25.6 Å². The molecule has 1 fully saturated rings. The second-order valence-corrected chi connectivity index (χ2v) is 8.32. The molecule has 0 unspecified atom stereocenters. The van der Waals surface area contributed by atoms with Gasteiger partial charge in [0.05, 0.1) is 6.04 Å². The van der Waals surface area contributed by atoms with Crippen LogP contribution < -0.4 is 10.1 Å². The summed E-state index contributed by atoms with van der Waals surface area (Å²) in [5.41, 5.74) is 1.22. The van der Waals surface area contributed by atoms with Crippen LogP contribution in [0.4, 0.5) is 0 Å². The van der Waals surface area contributed by atoms with Crippen molar-refractivity contribution in [2.24, 2.45) is 5.92 Å². The number of thiophene rings is 1. The van der Waals surface area contributed by atoms with E-state index in [1.807, 2.05) is 44.4 Å². The largest absolute Gasteiger partial charge is 0.484 e. The highest BCUT2D eigenvalue weighted by atomic mass is 32.1. The molecule has 1 aliphatic heterocycles. The number of hydrogen-bond acceptors (Lipinski definition) is 5. The Labute approximate surface area is 176 Å². The van der Waals surface area contributed by atoms with Crippen LogP contribution in [-0.4, -0.2) is 62.0 Å². The molecular formula is C22H29N3O3S. The van der Waals surface area contributed by atoms with Gasteiger partial charge >= 0.3 is 0 Å². The van der Waals surface area contributed by atoms with E-state index in [-0.39, 0.29) is 30.4 Å². The number of nitrogens with one attached hydrogen (secondary N) is 1. The lowest BCUT2D eigenvalue weighted by Crippen LogP contribution is -2.45. The number of rotatable bonds is 8. The maximum atomic E-state index is 12.6. The molecule has 2 aromatic rings. The van der Waals surface area contributed by atoms with Crippen LogP contribution in [0, 0.1) is 5.92 Å². The van der Waals surface area contributed by atoms with Crippen molar-refractivity contribution in [3.05, 3.63) is 52.7 Å². The van der Waals surface area contributed by atoms with Crippen LogP contribution in [0.1, 0.15) is 24.4 Å². The summed E-state index contributed by atoms with van der Waals surface area (Å²) in [7, 11) is 4.05. The first kappa shape index (κ1) is 21.3. The molecule has 7 heteroatoms. The van der Waals surface area contributed by atoms with E-state index in [2.05, 4.69) is 27.0 Å². The van der Waals surface area contributed by atoms with Gasteiger partial charge in [-0.15, -0.1) is 0 Å². The van der Waals surface area contributed by atoms with Crippen LogP contribution in [0.2, 0.25) is 0 Å². The highest BCUT2D eigenvalue weighted by Gasteiger charge is 2.28. The minimum absolute atomic E-state index is 0.0298. The monoisotopic (exact) mass is 415 g/mol. The zero-order chi connectivity index (χ0) is 20.6. The molecule has 0 aliphatic carbocycles. The molecule has 2 amide bonds. The predicted octanol–water partition coefficient (Wildman–Crippen LogP) is 2.78. The summed E-state index contributed by atoms with van der Waals surface area (Å²) in [5.74, 6) is 0.702. The molecule has 1 saturated heterocycles. The van der Waals surface area contributed by atoms with Crippen molar-refractivity contribution >= 4 is 23.2 Å². The van der Waals surface area contributed by atoms with Crippen LogP contribution in [0.3, 0.4) is 0 Å². The fourth-order valence-corrected chi connectivity index (χ4v) is 4.26. The SMILES string of the molecule is CN(C)[C@H](CNC(=O)C1CCN(C(=O)COc2ccccc2)CC1)c1ccsc1. The molecule has 0 spiro atoms. The fourth-order valence-electron chi connectivity index (χ4n) is 3.55. The van der Waals surface area contributed by atoms with Gasteiger partial charge in [-0.25, -0.2) is 0 Å². The molecule has 0 radical (unpaired) electrons. The average molecular weight is 416 g/mol. The van der Waals surface area contributed by atoms with E-state index in [4.69, 9.17) is 4.74 Å². The Kier molecular flexibility index (Phi) is 7.66. The maximum absolute atomic E-state index is 12.6. The molecule has 2 heterocycles. The van der Waals surface area contributed by atoms with E-state index in [1.54, 1.807) is 16.2 Å². The molecule has 1 aromatic carbocycles. The van der Waals surface area contributed by atoms with Crippen molar-refractivity contribution < 1.29 is 14.3 Å². The predicted molar refractivity (Wildman–Crippen MR) is 115 cm³/mol. The second-order valence-electron chi connectivity index (χ2n) is 7.54. The third-order valence-electron chi connectivity index (χ3n) is 5.34. The van der Waals surface area contributed by atoms with E-state index in [1.165, 1.54) is 5.56 Å². The summed E-state index contributed by atoms with van der Waals surface area (Å²) >= 11 is 1.67. The minimum Gasteiger partial charge on any atom is -0.484 e. The van der Waals surface area contributed by atoms with Crippen molar-refractivity contribution in [2.45, 2.75) is 18.9 Å². The topological polar surface area (TPSA) is 61.9 Å². The minimum atomic E-state index is -0.0422. The first-order valence-corrected chi connectivity index (χ1v) is 10.9. The van der Waals surface area contributed by atoms with Crippen molar-refractivity contribution in [3.63, 3.8) is 0 Å². The Morgan fingerprint density at radius 1 is 1.21 bits per heavy atom. The van der Waals surface area contributed by atoms with E-state index in [0.717, 1.165) is 0 Å². The van der Waals surface area contributed by atoms with Crippen molar-refractivity contribution in [3.8, 4) is 5.75 Å². The molecule has 1 aliphatic rings. The fraction of sp³-hybridized carbons (Fsp3) is 0.455. The smallest absolute Gasteiger partial charge is 0.260 e. The Hall–Kier alpha value is -2.38. The maximum Gasteiger partial charge on any atom is 0.260 e. The Bertz CT molecular complexity index is 772. The summed E-state index contributed by atoms with van der Waals surface area (Å²) < 4.78 is 5.54. The van der Waals surface area contributed by atoms with Gasteiger partial charge in [-0.1, -0.05) is 18.2 Å². The highest BCUT2D eigenvalue weighted by molar-refractivity contribution is 7.07. The van der Waals surface area contributed by atoms with E-state index >= 15 is 0 Å². The van der Waals surface area contributed by atoms with Crippen LogP contribution >= 0.6 is 11.3 Å². The number of benzene rings is 1. The van der Waals surface area contributed by atoms with Gasteiger partial charge in [0.25, 0.3) is 5.91 Å². The lowest BCUT2D eigenvalue weighted by molar-refractivity contribution is -0.137. The van der Waals surface area contributed by atoms with Gasteiger partial charge in [0.15, 0.2) is 6.61 Å². The quantitative estimate of drug-likeness (QED) is 0.720. The number of para-hydroxylation sites is 1. The molecule has 29 heavy (non-hydrogen) atoms. The van der Waals surface area contributed by atoms with Gasteiger partial charge in [-0.05, 0) is 61.5 Å². The normalized spacial score (nSPS) is 15.9. The molecule has 0 bridgehead atoms. The van der Waals surface area contributed by atoms with E-state index in [9.17, 15) is 9.59 Å². The van der Waals surface area contributed by atoms with Crippen LogP contribution in [0.25, 0.3) is 0 Å². The number of carbonyl (C=O) groups is 2. The molecule has 1 N–H and O–H groups in total. The summed E-state index contributed by atoms with van der Waals surface area (Å²) in [6.45, 7) is 1.81. The first-order chi connectivity index (χ1) is 14.0. The summed E-state index contributed by atoms with van der Waals surface area (Å²) in [4.78, 5) is 28.9. The zero-order valence-electron chi connectivity index (χ0n) is 17.0. The molecule has 0 saturated carbocycles. The number of piperidine rings is 1. The van der Waals surface area contributed by atoms with Gasteiger partial charge in [-0.3, -0.25) is 9.59 Å². The molecular weight excluding hydrogens is 386 g/mol. The molecule has 1 atom stereocenters. The van der Waals surface area contributed by atoms with Crippen molar-refractivity contribution in [1.29, 1.82) is 0 Å². The number of carbonyl (C=O) groups excluding carboxylic acids is 2. The Morgan fingerprint density at radius 2 is 1.93 bits per heavy atom. The molecule has 3 rings (SSSR count). The third kappa shape index (κ3) is 6.05. The highest BCUT2D eigenvalue weighted by Crippen LogP contribution is 2.22. The Morgan fingerprint density at radius 3 is 2.55 bits per heavy atom. The average Bonchev–Trinajstić information content (AvgIpc) is 3.27. The molecule has 6 nitrogen and oxygen atoms in total. The van der Waals surface area contributed by atoms with Gasteiger partial charge < -0.3 is 19.9 Å². The lowest BCUT2D eigenvalue weighted by Gasteiger charge is -2.32. The van der Waals surface area contributed by atoms with E-state index in [0.29, 0.717) is 38.2 Å².